The number of ketones is 1. The summed E-state index contributed by atoms with van der Waals surface area (Å²) in [7, 11) is 0. The summed E-state index contributed by atoms with van der Waals surface area (Å²) in [6, 6.07) is 12.2. The Morgan fingerprint density at radius 2 is 1.50 bits per heavy atom. The summed E-state index contributed by atoms with van der Waals surface area (Å²) in [5, 5.41) is 0. The molecule has 4 rings (SSSR count). The fraction of sp³-hybridized carbons (Fsp3) is 0.519. The molecule has 1 aliphatic carbocycles. The Balaban J connectivity index is 0. The Morgan fingerprint density at radius 3 is 2.12 bits per heavy atom. The van der Waals surface area contributed by atoms with Crippen molar-refractivity contribution in [3.8, 4) is 0 Å². The normalized spacial score (nSPS) is 18.0. The second-order valence-corrected chi connectivity index (χ2v) is 7.06. The molecule has 1 aromatic heterocycles. The quantitative estimate of drug-likeness (QED) is 0.457. The molecule has 34 heavy (non-hydrogen) atoms. The predicted molar refractivity (Wildman–Crippen MR) is 132 cm³/mol. The molecule has 1 saturated heterocycles. The molecule has 2 radical (unpaired) electrons. The van der Waals surface area contributed by atoms with E-state index >= 15 is 0 Å². The number of carbonyl (C=O) groups excluding carboxylic acids is 2. The van der Waals surface area contributed by atoms with Crippen LogP contribution < -0.4 is 0 Å². The fourth-order valence-electron chi connectivity index (χ4n) is 4.22. The van der Waals surface area contributed by atoms with Crippen molar-refractivity contribution in [2.45, 2.75) is 73.4 Å². The minimum atomic E-state index is -0.441. The van der Waals surface area contributed by atoms with Gasteiger partial charge in [-0.15, -0.1) is 0 Å². The van der Waals surface area contributed by atoms with E-state index in [4.69, 9.17) is 4.98 Å². The minimum absolute atomic E-state index is 0. The Hall–Kier alpha value is -0.322. The number of nitrogens with zero attached hydrogens (tertiary/aromatic N) is 3. The number of piperazine rings is 1. The van der Waals surface area contributed by atoms with E-state index in [0.29, 0.717) is 19.6 Å². The van der Waals surface area contributed by atoms with E-state index in [1.54, 1.807) is 6.92 Å². The van der Waals surface area contributed by atoms with E-state index in [1.807, 2.05) is 60.2 Å². The van der Waals surface area contributed by atoms with Crippen LogP contribution in [-0.4, -0.2) is 52.7 Å². The molecule has 0 N–H and O–H groups in total. The van der Waals surface area contributed by atoms with Crippen LogP contribution in [0.2, 0.25) is 0 Å². The van der Waals surface area contributed by atoms with Crippen LogP contribution in [0.25, 0.3) is 0 Å². The van der Waals surface area contributed by atoms with E-state index in [2.05, 4.69) is 35.2 Å². The van der Waals surface area contributed by atoms with Gasteiger partial charge in [-0.05, 0) is 42.5 Å². The molecule has 0 spiro atoms. The van der Waals surface area contributed by atoms with Gasteiger partial charge in [0.2, 0.25) is 0 Å². The molecule has 2 heterocycles. The number of Topliss-reactive ketones (excluding diaryl/α,β-unsaturated/α-hetero) is 1. The first-order valence-electron chi connectivity index (χ1n) is 12.1. The third kappa shape index (κ3) is 8.96. The maximum absolute atomic E-state index is 12.1. The van der Waals surface area contributed by atoms with Crippen molar-refractivity contribution in [2.24, 2.45) is 0 Å². The maximum Gasteiger partial charge on any atom is 0.150 e. The standard InChI is InChI=1S/C21H22N3O2.3C2H6.2Y/c1-15(26)19-13-23(11-12-24(19)14-25)21-18-7-3-2-5-16(18)8-9-17-6-4-10-22-20(17)21;3*1-2;;/h2-7,10,19,21H,8-9,11-13H2,1H3;3*1-2H3;;/q-1;;;;;. The van der Waals surface area contributed by atoms with E-state index in [1.165, 1.54) is 21.6 Å². The molecule has 7 heteroatoms. The SMILES string of the molecule is CC.CC.CC.CC(=O)C1CN(C2c3ccccc3CCc3cccnc32)CCN1[C-]=O.[Y].[Y]. The van der Waals surface area contributed by atoms with Gasteiger partial charge in [-0.3, -0.25) is 14.7 Å². The first-order valence-corrected chi connectivity index (χ1v) is 12.1. The number of carbonyl (C=O) groups is 1. The van der Waals surface area contributed by atoms with Gasteiger partial charge in [-0.25, -0.2) is 0 Å². The van der Waals surface area contributed by atoms with Gasteiger partial charge < -0.3 is 9.69 Å². The van der Waals surface area contributed by atoms with E-state index in [-0.39, 0.29) is 77.2 Å². The Labute approximate surface area is 257 Å². The largest absolute Gasteiger partial charge is 0.520 e. The maximum atomic E-state index is 12.1. The van der Waals surface area contributed by atoms with Crippen molar-refractivity contribution in [1.29, 1.82) is 0 Å². The molecular formula is C27H40N3O2Y2-. The van der Waals surface area contributed by atoms with E-state index < -0.39 is 6.04 Å². The van der Waals surface area contributed by atoms with Gasteiger partial charge in [0.25, 0.3) is 0 Å². The number of hydrogen-bond donors (Lipinski definition) is 0. The molecule has 1 aliphatic heterocycles. The van der Waals surface area contributed by atoms with Crippen molar-refractivity contribution in [3.05, 3.63) is 65.0 Å². The third-order valence-electron chi connectivity index (χ3n) is 5.56. The zero-order valence-corrected chi connectivity index (χ0v) is 27.7. The molecule has 2 aliphatic rings. The summed E-state index contributed by atoms with van der Waals surface area (Å²) >= 11 is 0. The summed E-state index contributed by atoms with van der Waals surface area (Å²) in [5.74, 6) is 0.00111. The first-order chi connectivity index (χ1) is 15.7. The van der Waals surface area contributed by atoms with Crippen LogP contribution in [0.5, 0.6) is 0 Å². The molecule has 0 bridgehead atoms. The molecule has 2 atom stereocenters. The number of rotatable bonds is 3. The number of benzene rings is 1. The van der Waals surface area contributed by atoms with Gasteiger partial charge in [-0.2, -0.15) is 6.41 Å². The van der Waals surface area contributed by atoms with Gasteiger partial charge in [0, 0.05) is 91.2 Å². The molecular weight excluding hydrogens is 576 g/mol. The number of hydrogen-bond acceptors (Lipinski definition) is 4. The van der Waals surface area contributed by atoms with Gasteiger partial charge in [0.05, 0.1) is 17.8 Å². The summed E-state index contributed by atoms with van der Waals surface area (Å²) in [4.78, 5) is 31.8. The monoisotopic (exact) mass is 616 g/mol. The molecule has 1 fully saturated rings. The van der Waals surface area contributed by atoms with Crippen molar-refractivity contribution in [2.75, 3.05) is 19.6 Å². The third-order valence-corrected chi connectivity index (χ3v) is 5.56. The fourth-order valence-corrected chi connectivity index (χ4v) is 4.22. The van der Waals surface area contributed by atoms with Crippen LogP contribution in [-0.2, 0) is 87.8 Å². The zero-order valence-electron chi connectivity index (χ0n) is 22.0. The number of amides is 1. The van der Waals surface area contributed by atoms with Crippen molar-refractivity contribution >= 4 is 12.2 Å². The van der Waals surface area contributed by atoms with Crippen molar-refractivity contribution < 1.29 is 75.0 Å². The number of fused-ring (bicyclic) bond motifs is 2. The van der Waals surface area contributed by atoms with Gasteiger partial charge in [0.1, 0.15) is 0 Å². The van der Waals surface area contributed by atoms with Crippen LogP contribution in [0.4, 0.5) is 0 Å². The molecule has 182 valence electrons. The predicted octanol–water partition coefficient (Wildman–Crippen LogP) is 4.99. The summed E-state index contributed by atoms with van der Waals surface area (Å²) in [6.45, 7) is 15.3. The average molecular weight is 616 g/mol. The van der Waals surface area contributed by atoms with Gasteiger partial charge in [0.15, 0.2) is 5.78 Å². The number of pyridine rings is 1. The zero-order chi connectivity index (χ0) is 24.1. The summed E-state index contributed by atoms with van der Waals surface area (Å²) in [5.41, 5.74) is 4.93. The topological polar surface area (TPSA) is 53.5 Å². The molecule has 1 amide bonds. The van der Waals surface area contributed by atoms with Crippen LogP contribution in [0.1, 0.15) is 76.9 Å². The summed E-state index contributed by atoms with van der Waals surface area (Å²) < 4.78 is 0. The van der Waals surface area contributed by atoms with Gasteiger partial charge >= 0.3 is 0 Å². The van der Waals surface area contributed by atoms with Crippen LogP contribution in [0.3, 0.4) is 0 Å². The van der Waals surface area contributed by atoms with Crippen LogP contribution >= 0.6 is 0 Å². The second-order valence-electron chi connectivity index (χ2n) is 7.06. The van der Waals surface area contributed by atoms with E-state index in [0.717, 1.165) is 18.5 Å². The minimum Gasteiger partial charge on any atom is -0.520 e. The van der Waals surface area contributed by atoms with Crippen molar-refractivity contribution in [3.63, 3.8) is 0 Å². The van der Waals surface area contributed by atoms with Crippen LogP contribution in [0.15, 0.2) is 42.6 Å². The van der Waals surface area contributed by atoms with Crippen molar-refractivity contribution in [1.82, 2.24) is 14.8 Å². The Kier molecular flexibility index (Phi) is 20.9. The Bertz CT molecular complexity index is 801. The smallest absolute Gasteiger partial charge is 0.150 e. The van der Waals surface area contributed by atoms with Crippen LogP contribution in [0, 0.1) is 0 Å². The van der Waals surface area contributed by atoms with E-state index in [9.17, 15) is 9.59 Å². The molecule has 2 aromatic rings. The first kappa shape index (κ1) is 35.8. The average Bonchev–Trinajstić information content (AvgIpc) is 3.04. The molecule has 2 unspecified atom stereocenters. The number of aromatic nitrogens is 1. The molecule has 1 aromatic carbocycles. The summed E-state index contributed by atoms with van der Waals surface area (Å²) in [6.07, 6.45) is 5.73. The Morgan fingerprint density at radius 1 is 0.912 bits per heavy atom. The van der Waals surface area contributed by atoms with Gasteiger partial charge in [-0.1, -0.05) is 71.9 Å². The number of aryl methyl sites for hydroxylation is 2. The molecule has 0 saturated carbocycles. The molecule has 5 nitrogen and oxygen atoms in total. The second kappa shape index (κ2) is 19.8.